The van der Waals surface area contributed by atoms with Crippen molar-refractivity contribution in [2.75, 3.05) is 13.7 Å². The molecule has 1 aromatic rings. The monoisotopic (exact) mass is 248 g/mol. The van der Waals surface area contributed by atoms with E-state index in [9.17, 15) is 9.90 Å². The molecule has 5 nitrogen and oxygen atoms in total. The van der Waals surface area contributed by atoms with Gasteiger partial charge in [-0.15, -0.1) is 5.92 Å². The topological polar surface area (TPSA) is 71.5 Å². The number of nitrogens with zero attached hydrogens (tertiary/aromatic N) is 1. The van der Waals surface area contributed by atoms with E-state index < -0.39 is 0 Å². The van der Waals surface area contributed by atoms with E-state index in [1.807, 2.05) is 6.92 Å². The second kappa shape index (κ2) is 6.62. The molecule has 1 aromatic heterocycles. The summed E-state index contributed by atoms with van der Waals surface area (Å²) < 4.78 is 4.49. The van der Waals surface area contributed by atoms with E-state index in [-0.39, 0.29) is 18.3 Å². The van der Waals surface area contributed by atoms with Crippen LogP contribution in [0.1, 0.15) is 23.9 Å². The Hall–Kier alpha value is -2.06. The number of ether oxygens (including phenoxy) is 1. The van der Waals surface area contributed by atoms with Crippen LogP contribution in [0.3, 0.4) is 0 Å². The highest BCUT2D eigenvalue weighted by molar-refractivity contribution is 5.71. The van der Waals surface area contributed by atoms with E-state index in [1.165, 1.54) is 7.11 Å². The maximum atomic E-state index is 10.9. The fraction of sp³-hybridized carbons (Fsp3) is 0.385. The summed E-state index contributed by atoms with van der Waals surface area (Å²) in [5.41, 5.74) is 1.93. The van der Waals surface area contributed by atoms with Crippen LogP contribution in [0.4, 0.5) is 0 Å². The molecule has 0 aliphatic heterocycles. The molecular formula is C13H16N2O3. The first-order valence-electron chi connectivity index (χ1n) is 5.48. The summed E-state index contributed by atoms with van der Waals surface area (Å²) in [6, 6.07) is 1.58. The molecule has 0 spiro atoms. The zero-order valence-corrected chi connectivity index (χ0v) is 10.7. The zero-order valence-electron chi connectivity index (χ0n) is 10.7. The minimum absolute atomic E-state index is 0.0655. The summed E-state index contributed by atoms with van der Waals surface area (Å²) in [7, 11) is 1.32. The molecule has 0 saturated carbocycles. The Morgan fingerprint density at radius 2 is 2.33 bits per heavy atom. The lowest BCUT2D eigenvalue weighted by atomic mass is 10.1. The lowest BCUT2D eigenvalue weighted by molar-refractivity contribution is -0.139. The Labute approximate surface area is 106 Å². The SMILES string of the molecule is CC#Cc1cc(O)c(CNCC(=O)OC)nc1C. The number of aryl methyl sites for hydroxylation is 1. The van der Waals surface area contributed by atoms with Gasteiger partial charge in [0, 0.05) is 12.1 Å². The number of methoxy groups -OCH3 is 1. The van der Waals surface area contributed by atoms with Crippen molar-refractivity contribution >= 4 is 5.97 Å². The zero-order chi connectivity index (χ0) is 13.5. The van der Waals surface area contributed by atoms with Crippen molar-refractivity contribution in [1.82, 2.24) is 10.3 Å². The Balaban J connectivity index is 2.75. The highest BCUT2D eigenvalue weighted by Crippen LogP contribution is 2.18. The molecule has 0 aromatic carbocycles. The molecule has 2 N–H and O–H groups in total. The number of pyridine rings is 1. The third kappa shape index (κ3) is 3.75. The smallest absolute Gasteiger partial charge is 0.319 e. The Bertz CT molecular complexity index is 501. The van der Waals surface area contributed by atoms with Crippen LogP contribution in [-0.4, -0.2) is 29.7 Å². The molecule has 0 aliphatic carbocycles. The number of rotatable bonds is 4. The lowest BCUT2D eigenvalue weighted by Crippen LogP contribution is -2.24. The van der Waals surface area contributed by atoms with E-state index in [1.54, 1.807) is 13.0 Å². The van der Waals surface area contributed by atoms with Crippen LogP contribution < -0.4 is 5.32 Å². The van der Waals surface area contributed by atoms with Crippen LogP contribution in [0.25, 0.3) is 0 Å². The molecule has 96 valence electrons. The summed E-state index contributed by atoms with van der Waals surface area (Å²) in [5.74, 6) is 5.32. The van der Waals surface area contributed by atoms with Crippen molar-refractivity contribution in [3.05, 3.63) is 23.0 Å². The van der Waals surface area contributed by atoms with Crippen molar-refractivity contribution in [3.63, 3.8) is 0 Å². The third-order valence-electron chi connectivity index (χ3n) is 2.32. The van der Waals surface area contributed by atoms with Gasteiger partial charge in [-0.2, -0.15) is 0 Å². The van der Waals surface area contributed by atoms with Crippen LogP contribution >= 0.6 is 0 Å². The maximum absolute atomic E-state index is 10.9. The molecule has 0 fully saturated rings. The standard InChI is InChI=1S/C13H16N2O3/c1-4-5-10-6-12(16)11(15-9(10)2)7-14-8-13(17)18-3/h6,14,16H,7-8H2,1-3H3. The lowest BCUT2D eigenvalue weighted by Gasteiger charge is -2.07. The van der Waals surface area contributed by atoms with Gasteiger partial charge in [0.15, 0.2) is 0 Å². The van der Waals surface area contributed by atoms with Crippen LogP contribution in [-0.2, 0) is 16.1 Å². The molecule has 0 unspecified atom stereocenters. The molecule has 18 heavy (non-hydrogen) atoms. The highest BCUT2D eigenvalue weighted by Gasteiger charge is 2.08. The molecule has 0 atom stereocenters. The van der Waals surface area contributed by atoms with Crippen LogP contribution in [0.2, 0.25) is 0 Å². The van der Waals surface area contributed by atoms with Crippen molar-refractivity contribution in [1.29, 1.82) is 0 Å². The van der Waals surface area contributed by atoms with E-state index in [2.05, 4.69) is 26.9 Å². The molecule has 0 saturated heterocycles. The van der Waals surface area contributed by atoms with Gasteiger partial charge in [0.1, 0.15) is 5.75 Å². The Morgan fingerprint density at radius 1 is 1.61 bits per heavy atom. The first kappa shape index (κ1) is 14.0. The van der Waals surface area contributed by atoms with Gasteiger partial charge in [-0.05, 0) is 19.9 Å². The number of aromatic hydroxyl groups is 1. The average Bonchev–Trinajstić information content (AvgIpc) is 2.35. The number of hydrogen-bond acceptors (Lipinski definition) is 5. The van der Waals surface area contributed by atoms with Gasteiger partial charge in [0.2, 0.25) is 0 Å². The largest absolute Gasteiger partial charge is 0.506 e. The van der Waals surface area contributed by atoms with Gasteiger partial charge >= 0.3 is 5.97 Å². The quantitative estimate of drug-likeness (QED) is 0.607. The molecule has 0 aliphatic rings. The summed E-state index contributed by atoms with van der Waals surface area (Å²) >= 11 is 0. The first-order chi connectivity index (χ1) is 8.58. The van der Waals surface area contributed by atoms with Crippen molar-refractivity contribution < 1.29 is 14.6 Å². The number of nitrogens with one attached hydrogen (secondary N) is 1. The van der Waals surface area contributed by atoms with Gasteiger partial charge < -0.3 is 15.2 Å². The second-order valence-corrected chi connectivity index (χ2v) is 3.64. The van der Waals surface area contributed by atoms with E-state index in [0.717, 1.165) is 5.69 Å². The van der Waals surface area contributed by atoms with Gasteiger partial charge in [-0.3, -0.25) is 9.78 Å². The molecule has 0 amide bonds. The van der Waals surface area contributed by atoms with Gasteiger partial charge in [-0.25, -0.2) is 0 Å². The number of aromatic nitrogens is 1. The number of carbonyl (C=O) groups is 1. The normalized spacial score (nSPS) is 9.50. The predicted molar refractivity (Wildman–Crippen MR) is 66.9 cm³/mol. The summed E-state index contributed by atoms with van der Waals surface area (Å²) in [4.78, 5) is 15.2. The second-order valence-electron chi connectivity index (χ2n) is 3.64. The summed E-state index contributed by atoms with van der Waals surface area (Å²) in [5, 5.41) is 12.6. The van der Waals surface area contributed by atoms with Crippen LogP contribution in [0.5, 0.6) is 5.75 Å². The van der Waals surface area contributed by atoms with E-state index >= 15 is 0 Å². The summed E-state index contributed by atoms with van der Waals surface area (Å²) in [6.07, 6.45) is 0. The van der Waals surface area contributed by atoms with E-state index in [0.29, 0.717) is 17.8 Å². The highest BCUT2D eigenvalue weighted by atomic mass is 16.5. The van der Waals surface area contributed by atoms with Crippen molar-refractivity contribution in [3.8, 4) is 17.6 Å². The molecule has 5 heteroatoms. The van der Waals surface area contributed by atoms with Gasteiger partial charge in [0.05, 0.1) is 25.0 Å². The van der Waals surface area contributed by atoms with Crippen LogP contribution in [0, 0.1) is 18.8 Å². The maximum Gasteiger partial charge on any atom is 0.319 e. The van der Waals surface area contributed by atoms with E-state index in [4.69, 9.17) is 0 Å². The van der Waals surface area contributed by atoms with Crippen LogP contribution in [0.15, 0.2) is 6.07 Å². The molecular weight excluding hydrogens is 232 g/mol. The minimum Gasteiger partial charge on any atom is -0.506 e. The summed E-state index contributed by atoms with van der Waals surface area (Å²) in [6.45, 7) is 3.92. The van der Waals surface area contributed by atoms with Crippen molar-refractivity contribution in [2.24, 2.45) is 0 Å². The van der Waals surface area contributed by atoms with Gasteiger partial charge in [-0.1, -0.05) is 5.92 Å². The first-order valence-corrected chi connectivity index (χ1v) is 5.48. The van der Waals surface area contributed by atoms with Crippen molar-refractivity contribution in [2.45, 2.75) is 20.4 Å². The molecule has 1 rings (SSSR count). The number of esters is 1. The molecule has 1 heterocycles. The third-order valence-corrected chi connectivity index (χ3v) is 2.32. The predicted octanol–water partition coefficient (Wildman–Crippen LogP) is 0.730. The average molecular weight is 248 g/mol. The fourth-order valence-corrected chi connectivity index (χ4v) is 1.39. The number of hydrogen-bond donors (Lipinski definition) is 2. The fourth-order valence-electron chi connectivity index (χ4n) is 1.39. The molecule has 0 bridgehead atoms. The van der Waals surface area contributed by atoms with Gasteiger partial charge in [0.25, 0.3) is 0 Å². The molecule has 0 radical (unpaired) electrons. The number of carbonyl (C=O) groups excluding carboxylic acids is 1. The Kier molecular flexibility index (Phi) is 5.15. The Morgan fingerprint density at radius 3 is 2.94 bits per heavy atom. The minimum atomic E-state index is -0.361.